The Morgan fingerprint density at radius 2 is 2.06 bits per heavy atom. The van der Waals surface area contributed by atoms with Crippen molar-refractivity contribution < 1.29 is 9.53 Å². The van der Waals surface area contributed by atoms with Gasteiger partial charge in [0.1, 0.15) is 5.75 Å². The Kier molecular flexibility index (Phi) is 3.61. The predicted octanol–water partition coefficient (Wildman–Crippen LogP) is 3.61. The third-order valence-electron chi connectivity index (χ3n) is 1.99. The fraction of sp³-hybridized carbons (Fsp3) is 0. The van der Waals surface area contributed by atoms with Gasteiger partial charge in [-0.05, 0) is 30.3 Å². The van der Waals surface area contributed by atoms with Crippen molar-refractivity contribution in [3.05, 3.63) is 58.3 Å². The largest absolute Gasteiger partial charge is 0.421 e. The lowest BCUT2D eigenvalue weighted by Crippen LogP contribution is -2.08. The minimum atomic E-state index is -0.512. The summed E-state index contributed by atoms with van der Waals surface area (Å²) in [7, 11) is 0. The Morgan fingerprint density at radius 1 is 1.24 bits per heavy atom. The maximum atomic E-state index is 11.7. The summed E-state index contributed by atoms with van der Waals surface area (Å²) in [6.45, 7) is 0. The van der Waals surface area contributed by atoms with Gasteiger partial charge in [-0.3, -0.25) is 4.98 Å². The van der Waals surface area contributed by atoms with E-state index in [1.54, 1.807) is 30.5 Å². The summed E-state index contributed by atoms with van der Waals surface area (Å²) >= 11 is 11.6. The molecule has 0 aliphatic carbocycles. The smallest absolute Gasteiger partial charge is 0.345 e. The average Bonchev–Trinajstić information content (AvgIpc) is 2.34. The normalized spacial score (nSPS) is 10.0. The van der Waals surface area contributed by atoms with Gasteiger partial charge >= 0.3 is 5.97 Å². The fourth-order valence-corrected chi connectivity index (χ4v) is 1.65. The number of hydrogen-bond donors (Lipinski definition) is 0. The van der Waals surface area contributed by atoms with Crippen LogP contribution in [0, 0.1) is 0 Å². The highest BCUT2D eigenvalue weighted by atomic mass is 35.5. The Bertz CT molecular complexity index is 543. The molecule has 0 saturated heterocycles. The van der Waals surface area contributed by atoms with E-state index < -0.39 is 5.97 Å². The molecule has 1 aromatic carbocycles. The van der Waals surface area contributed by atoms with E-state index in [0.717, 1.165) is 0 Å². The molecule has 0 spiro atoms. The van der Waals surface area contributed by atoms with Gasteiger partial charge in [0, 0.05) is 17.4 Å². The summed E-state index contributed by atoms with van der Waals surface area (Å²) in [4.78, 5) is 15.5. The van der Waals surface area contributed by atoms with Crippen LogP contribution in [0.2, 0.25) is 10.0 Å². The van der Waals surface area contributed by atoms with E-state index in [9.17, 15) is 4.79 Å². The van der Waals surface area contributed by atoms with Crippen molar-refractivity contribution in [3.8, 4) is 5.75 Å². The molecule has 0 radical (unpaired) electrons. The van der Waals surface area contributed by atoms with Gasteiger partial charge in [0.2, 0.25) is 0 Å². The molecule has 17 heavy (non-hydrogen) atoms. The Hall–Kier alpha value is -1.58. The highest BCUT2D eigenvalue weighted by Crippen LogP contribution is 2.28. The van der Waals surface area contributed by atoms with Crippen LogP contribution in [0.15, 0.2) is 42.7 Å². The van der Waals surface area contributed by atoms with Crippen molar-refractivity contribution in [2.24, 2.45) is 0 Å². The van der Waals surface area contributed by atoms with Gasteiger partial charge in [0.15, 0.2) is 0 Å². The molecule has 0 unspecified atom stereocenters. The van der Waals surface area contributed by atoms with Crippen molar-refractivity contribution >= 4 is 29.2 Å². The topological polar surface area (TPSA) is 39.2 Å². The second-order valence-corrected chi connectivity index (χ2v) is 4.05. The molecular weight excluding hydrogens is 261 g/mol. The molecule has 5 heteroatoms. The van der Waals surface area contributed by atoms with Gasteiger partial charge in [0.25, 0.3) is 0 Å². The minimum absolute atomic E-state index is 0.268. The fourth-order valence-electron chi connectivity index (χ4n) is 1.20. The number of benzene rings is 1. The first-order valence-electron chi connectivity index (χ1n) is 4.74. The molecule has 0 fully saturated rings. The van der Waals surface area contributed by atoms with E-state index in [1.807, 2.05) is 0 Å². The zero-order valence-electron chi connectivity index (χ0n) is 8.56. The molecule has 1 heterocycles. The zero-order valence-corrected chi connectivity index (χ0v) is 10.1. The third kappa shape index (κ3) is 2.96. The van der Waals surface area contributed by atoms with Gasteiger partial charge in [0.05, 0.1) is 10.6 Å². The number of hydrogen-bond acceptors (Lipinski definition) is 3. The van der Waals surface area contributed by atoms with Crippen LogP contribution < -0.4 is 4.74 Å². The van der Waals surface area contributed by atoms with E-state index in [0.29, 0.717) is 10.6 Å². The molecule has 0 amide bonds. The van der Waals surface area contributed by atoms with Gasteiger partial charge in [-0.15, -0.1) is 0 Å². The number of ether oxygens (including phenoxy) is 1. The van der Waals surface area contributed by atoms with Crippen molar-refractivity contribution in [2.75, 3.05) is 0 Å². The van der Waals surface area contributed by atoms with Gasteiger partial charge in [-0.25, -0.2) is 4.79 Å². The number of carbonyl (C=O) groups is 1. The Morgan fingerprint density at radius 3 is 2.71 bits per heavy atom. The first-order chi connectivity index (χ1) is 8.16. The SMILES string of the molecule is O=C(Oc1ccc(Cl)cc1Cl)c1cccnc1. The average molecular weight is 268 g/mol. The molecule has 0 N–H and O–H groups in total. The number of nitrogens with zero attached hydrogens (tertiary/aromatic N) is 1. The van der Waals surface area contributed by atoms with Crippen LogP contribution >= 0.6 is 23.2 Å². The quantitative estimate of drug-likeness (QED) is 0.617. The number of carbonyl (C=O) groups excluding carboxylic acids is 1. The van der Waals surface area contributed by atoms with Crippen molar-refractivity contribution in [1.29, 1.82) is 0 Å². The molecule has 0 saturated carbocycles. The summed E-state index contributed by atoms with van der Waals surface area (Å²) < 4.78 is 5.12. The van der Waals surface area contributed by atoms with Gasteiger partial charge in [-0.1, -0.05) is 23.2 Å². The van der Waals surface area contributed by atoms with E-state index in [2.05, 4.69) is 4.98 Å². The summed E-state index contributed by atoms with van der Waals surface area (Å²) in [6.07, 6.45) is 3.00. The molecule has 0 bridgehead atoms. The van der Waals surface area contributed by atoms with E-state index in [4.69, 9.17) is 27.9 Å². The number of halogens is 2. The van der Waals surface area contributed by atoms with Crippen LogP contribution in [0.5, 0.6) is 5.75 Å². The highest BCUT2D eigenvalue weighted by Gasteiger charge is 2.10. The summed E-state index contributed by atoms with van der Waals surface area (Å²) in [6, 6.07) is 7.91. The second-order valence-electron chi connectivity index (χ2n) is 3.21. The number of pyridine rings is 1. The number of esters is 1. The Balaban J connectivity index is 2.19. The molecule has 0 aliphatic heterocycles. The van der Waals surface area contributed by atoms with Crippen molar-refractivity contribution in [3.63, 3.8) is 0 Å². The van der Waals surface area contributed by atoms with Gasteiger partial charge in [-0.2, -0.15) is 0 Å². The van der Waals surface area contributed by atoms with E-state index in [1.165, 1.54) is 12.3 Å². The van der Waals surface area contributed by atoms with Crippen LogP contribution in [0.1, 0.15) is 10.4 Å². The van der Waals surface area contributed by atoms with Crippen molar-refractivity contribution in [2.45, 2.75) is 0 Å². The maximum Gasteiger partial charge on any atom is 0.345 e. The summed E-state index contributed by atoms with van der Waals surface area (Å²) in [5.74, 6) is -0.243. The first kappa shape index (κ1) is 11.9. The van der Waals surface area contributed by atoms with Crippen molar-refractivity contribution in [1.82, 2.24) is 4.98 Å². The zero-order chi connectivity index (χ0) is 12.3. The maximum absolute atomic E-state index is 11.7. The van der Waals surface area contributed by atoms with Crippen LogP contribution in [-0.2, 0) is 0 Å². The summed E-state index contributed by atoms with van der Waals surface area (Å²) in [5, 5.41) is 0.769. The molecule has 86 valence electrons. The lowest BCUT2D eigenvalue weighted by atomic mass is 10.3. The molecular formula is C12H7Cl2NO2. The lowest BCUT2D eigenvalue weighted by molar-refractivity contribution is 0.0734. The van der Waals surface area contributed by atoms with Crippen LogP contribution in [0.25, 0.3) is 0 Å². The van der Waals surface area contributed by atoms with Crippen LogP contribution in [0.4, 0.5) is 0 Å². The van der Waals surface area contributed by atoms with Crippen LogP contribution in [-0.4, -0.2) is 11.0 Å². The molecule has 0 atom stereocenters. The monoisotopic (exact) mass is 267 g/mol. The van der Waals surface area contributed by atoms with Crippen LogP contribution in [0.3, 0.4) is 0 Å². The second kappa shape index (κ2) is 5.17. The predicted molar refractivity (Wildman–Crippen MR) is 65.7 cm³/mol. The van der Waals surface area contributed by atoms with E-state index >= 15 is 0 Å². The summed E-state index contributed by atoms with van der Waals surface area (Å²) in [5.41, 5.74) is 0.360. The van der Waals surface area contributed by atoms with Gasteiger partial charge < -0.3 is 4.74 Å². The number of aromatic nitrogens is 1. The molecule has 2 aromatic rings. The third-order valence-corrected chi connectivity index (χ3v) is 2.52. The molecule has 1 aromatic heterocycles. The Labute approximate surface area is 108 Å². The molecule has 0 aliphatic rings. The lowest BCUT2D eigenvalue weighted by Gasteiger charge is -2.05. The molecule has 3 nitrogen and oxygen atoms in total. The standard InChI is InChI=1S/C12H7Cl2NO2/c13-9-3-4-11(10(14)6-9)17-12(16)8-2-1-5-15-7-8/h1-7H. The first-order valence-corrected chi connectivity index (χ1v) is 5.49. The minimum Gasteiger partial charge on any atom is -0.421 e. The molecule has 2 rings (SSSR count). The highest BCUT2D eigenvalue weighted by molar-refractivity contribution is 6.35. The number of rotatable bonds is 2. The van der Waals surface area contributed by atoms with E-state index in [-0.39, 0.29) is 10.8 Å².